The van der Waals surface area contributed by atoms with Crippen LogP contribution in [0.2, 0.25) is 0 Å². The molecule has 0 N–H and O–H groups in total. The van der Waals surface area contributed by atoms with Crippen LogP contribution in [0.1, 0.15) is 25.1 Å². The molecule has 0 amide bonds. The number of nitriles is 1. The van der Waals surface area contributed by atoms with E-state index in [1.54, 1.807) is 11.3 Å². The Bertz CT molecular complexity index is 611. The second-order valence-corrected chi connectivity index (χ2v) is 5.68. The summed E-state index contributed by atoms with van der Waals surface area (Å²) in [6.45, 7) is 6.74. The van der Waals surface area contributed by atoms with E-state index in [2.05, 4.69) is 24.9 Å². The fraction of sp³-hybridized carbons (Fsp3) is 0.333. The molecule has 0 saturated carbocycles. The molecule has 0 bridgehead atoms. The Hall–Kier alpha value is -1.86. The van der Waals surface area contributed by atoms with E-state index in [4.69, 9.17) is 4.74 Å². The lowest BCUT2D eigenvalue weighted by Crippen LogP contribution is -2.05. The highest BCUT2D eigenvalue weighted by Gasteiger charge is 2.09. The molecule has 0 atom stereocenters. The van der Waals surface area contributed by atoms with Crippen LogP contribution in [0.25, 0.3) is 10.6 Å². The minimum absolute atomic E-state index is 0.438. The monoisotopic (exact) mass is 272 g/mol. The van der Waals surface area contributed by atoms with Crippen molar-refractivity contribution >= 4 is 11.3 Å². The number of hydrogen-bond acceptors (Lipinski definition) is 4. The summed E-state index contributed by atoms with van der Waals surface area (Å²) >= 11 is 1.58. The number of hydrogen-bond donors (Lipinski definition) is 0. The first-order valence-electron chi connectivity index (χ1n) is 6.19. The van der Waals surface area contributed by atoms with Gasteiger partial charge in [-0.05, 0) is 31.0 Å². The topological polar surface area (TPSA) is 45.9 Å². The molecule has 2 rings (SSSR count). The first kappa shape index (κ1) is 13.6. The molecule has 0 radical (unpaired) electrons. The van der Waals surface area contributed by atoms with Gasteiger partial charge in [0.2, 0.25) is 0 Å². The summed E-state index contributed by atoms with van der Waals surface area (Å²) in [6.07, 6.45) is 0. The quantitative estimate of drug-likeness (QED) is 0.844. The highest BCUT2D eigenvalue weighted by molar-refractivity contribution is 7.13. The smallest absolute Gasteiger partial charge is 0.137 e. The molecule has 0 aliphatic carbocycles. The van der Waals surface area contributed by atoms with Crippen LogP contribution >= 0.6 is 11.3 Å². The number of benzene rings is 1. The van der Waals surface area contributed by atoms with Crippen LogP contribution in [0.3, 0.4) is 0 Å². The average molecular weight is 272 g/mol. The van der Waals surface area contributed by atoms with E-state index in [1.165, 1.54) is 0 Å². The number of rotatable bonds is 4. The predicted octanol–water partition coefficient (Wildman–Crippen LogP) is 4.03. The molecular formula is C15H16N2OS. The van der Waals surface area contributed by atoms with Crippen molar-refractivity contribution in [3.8, 4) is 22.4 Å². The Kier molecular flexibility index (Phi) is 4.18. The summed E-state index contributed by atoms with van der Waals surface area (Å²) in [5.41, 5.74) is 2.52. The molecule has 1 aromatic heterocycles. The summed E-state index contributed by atoms with van der Waals surface area (Å²) in [7, 11) is 0. The van der Waals surface area contributed by atoms with Crippen LogP contribution in [0.4, 0.5) is 0 Å². The second-order valence-electron chi connectivity index (χ2n) is 4.82. The maximum absolute atomic E-state index is 9.21. The van der Waals surface area contributed by atoms with Gasteiger partial charge in [-0.2, -0.15) is 5.26 Å². The average Bonchev–Trinajstić information content (AvgIpc) is 2.82. The number of aromatic nitrogens is 1. The molecule has 19 heavy (non-hydrogen) atoms. The zero-order chi connectivity index (χ0) is 13.8. The van der Waals surface area contributed by atoms with Gasteiger partial charge >= 0.3 is 0 Å². The van der Waals surface area contributed by atoms with Gasteiger partial charge in [-0.15, -0.1) is 11.3 Å². The summed E-state index contributed by atoms with van der Waals surface area (Å²) in [4.78, 5) is 4.43. The standard InChI is InChI=1S/C15H16N2OS/c1-10(2)8-18-14-5-4-12(6-13(14)7-16)15-17-11(3)9-19-15/h4-6,9-10H,8H2,1-3H3. The zero-order valence-corrected chi connectivity index (χ0v) is 12.1. The first-order valence-corrected chi connectivity index (χ1v) is 7.07. The molecule has 0 unspecified atom stereocenters. The van der Waals surface area contributed by atoms with Gasteiger partial charge < -0.3 is 4.74 Å². The third-order valence-corrected chi connectivity index (χ3v) is 3.55. The number of ether oxygens (including phenoxy) is 1. The zero-order valence-electron chi connectivity index (χ0n) is 11.3. The Balaban J connectivity index is 2.28. The Morgan fingerprint density at radius 3 is 2.79 bits per heavy atom. The van der Waals surface area contributed by atoms with Gasteiger partial charge in [0.15, 0.2) is 0 Å². The normalized spacial score (nSPS) is 10.5. The Labute approximate surface area is 117 Å². The number of nitrogens with zero attached hydrogens (tertiary/aromatic N) is 2. The van der Waals surface area contributed by atoms with E-state index < -0.39 is 0 Å². The van der Waals surface area contributed by atoms with E-state index in [-0.39, 0.29) is 0 Å². The molecule has 0 fully saturated rings. The summed E-state index contributed by atoms with van der Waals surface area (Å²) in [6, 6.07) is 7.84. The maximum Gasteiger partial charge on any atom is 0.137 e. The minimum Gasteiger partial charge on any atom is -0.492 e. The van der Waals surface area contributed by atoms with Crippen molar-refractivity contribution < 1.29 is 4.74 Å². The summed E-state index contributed by atoms with van der Waals surface area (Å²) in [5, 5.41) is 12.2. The van der Waals surface area contributed by atoms with Crippen molar-refractivity contribution in [3.63, 3.8) is 0 Å². The largest absolute Gasteiger partial charge is 0.492 e. The summed E-state index contributed by atoms with van der Waals surface area (Å²) in [5.74, 6) is 1.08. The van der Waals surface area contributed by atoms with E-state index >= 15 is 0 Å². The van der Waals surface area contributed by atoms with Gasteiger partial charge in [0, 0.05) is 16.6 Å². The maximum atomic E-state index is 9.21. The second kappa shape index (κ2) is 5.85. The molecular weight excluding hydrogens is 256 g/mol. The SMILES string of the molecule is Cc1csc(-c2ccc(OCC(C)C)c(C#N)c2)n1. The van der Waals surface area contributed by atoms with Crippen molar-refractivity contribution in [2.75, 3.05) is 6.61 Å². The van der Waals surface area contributed by atoms with Crippen LogP contribution in [-0.4, -0.2) is 11.6 Å². The van der Waals surface area contributed by atoms with Crippen LogP contribution in [0, 0.1) is 24.2 Å². The minimum atomic E-state index is 0.438. The third-order valence-electron chi connectivity index (χ3n) is 2.54. The molecule has 1 heterocycles. The van der Waals surface area contributed by atoms with Gasteiger partial charge in [-0.25, -0.2) is 4.98 Å². The molecule has 1 aromatic carbocycles. The fourth-order valence-corrected chi connectivity index (χ4v) is 2.41. The van der Waals surface area contributed by atoms with Crippen molar-refractivity contribution in [2.24, 2.45) is 5.92 Å². The van der Waals surface area contributed by atoms with Gasteiger partial charge in [0.1, 0.15) is 16.8 Å². The van der Waals surface area contributed by atoms with Gasteiger partial charge in [0.25, 0.3) is 0 Å². The molecule has 0 aliphatic rings. The molecule has 4 heteroatoms. The van der Waals surface area contributed by atoms with E-state index in [1.807, 2.05) is 30.5 Å². The van der Waals surface area contributed by atoms with Crippen LogP contribution in [0.15, 0.2) is 23.6 Å². The van der Waals surface area contributed by atoms with Gasteiger partial charge in [0.05, 0.1) is 12.2 Å². The van der Waals surface area contributed by atoms with Crippen molar-refractivity contribution in [2.45, 2.75) is 20.8 Å². The summed E-state index contributed by atoms with van der Waals surface area (Å²) < 4.78 is 5.65. The highest BCUT2D eigenvalue weighted by atomic mass is 32.1. The number of thiazole rings is 1. The van der Waals surface area contributed by atoms with Crippen molar-refractivity contribution in [1.29, 1.82) is 5.26 Å². The van der Waals surface area contributed by atoms with Crippen LogP contribution in [0.5, 0.6) is 5.75 Å². The molecule has 3 nitrogen and oxygen atoms in total. The van der Waals surface area contributed by atoms with E-state index in [9.17, 15) is 5.26 Å². The Morgan fingerprint density at radius 2 is 2.21 bits per heavy atom. The molecule has 0 aliphatic heterocycles. The Morgan fingerprint density at radius 1 is 1.42 bits per heavy atom. The molecule has 2 aromatic rings. The van der Waals surface area contributed by atoms with Crippen molar-refractivity contribution in [3.05, 3.63) is 34.8 Å². The first-order chi connectivity index (χ1) is 9.10. The molecule has 0 saturated heterocycles. The van der Waals surface area contributed by atoms with E-state index in [0.717, 1.165) is 16.3 Å². The molecule has 98 valence electrons. The van der Waals surface area contributed by atoms with Crippen LogP contribution in [-0.2, 0) is 0 Å². The van der Waals surface area contributed by atoms with Gasteiger partial charge in [-0.1, -0.05) is 13.8 Å². The predicted molar refractivity (Wildman–Crippen MR) is 77.3 cm³/mol. The lowest BCUT2D eigenvalue weighted by atomic mass is 10.1. The number of aryl methyl sites for hydroxylation is 1. The van der Waals surface area contributed by atoms with Crippen LogP contribution < -0.4 is 4.74 Å². The lowest BCUT2D eigenvalue weighted by molar-refractivity contribution is 0.270. The third kappa shape index (κ3) is 3.33. The fourth-order valence-electron chi connectivity index (χ4n) is 1.62. The van der Waals surface area contributed by atoms with E-state index in [0.29, 0.717) is 23.8 Å². The molecule has 0 spiro atoms. The lowest BCUT2D eigenvalue weighted by Gasteiger charge is -2.10. The van der Waals surface area contributed by atoms with Crippen molar-refractivity contribution in [1.82, 2.24) is 4.98 Å². The van der Waals surface area contributed by atoms with Gasteiger partial charge in [-0.3, -0.25) is 0 Å². The highest BCUT2D eigenvalue weighted by Crippen LogP contribution is 2.28.